The maximum absolute atomic E-state index is 13.0. The summed E-state index contributed by atoms with van der Waals surface area (Å²) in [4.78, 5) is 35.7. The topological polar surface area (TPSA) is 159 Å². The highest BCUT2D eigenvalue weighted by molar-refractivity contribution is 5.98. The summed E-state index contributed by atoms with van der Waals surface area (Å²) in [7, 11) is 0. The number of carbonyl (C=O) groups excluding carboxylic acids is 2. The smallest absolute Gasteiger partial charge is 0.254 e. The monoisotopic (exact) mass is 501 g/mol. The minimum Gasteiger partial charge on any atom is -0.508 e. The van der Waals surface area contributed by atoms with Crippen LogP contribution in [0.5, 0.6) is 5.75 Å². The van der Waals surface area contributed by atoms with Gasteiger partial charge in [-0.15, -0.1) is 0 Å². The second kappa shape index (κ2) is 10.4. The van der Waals surface area contributed by atoms with E-state index in [1.165, 1.54) is 18.3 Å². The molecule has 1 saturated carbocycles. The predicted molar refractivity (Wildman–Crippen MR) is 141 cm³/mol. The van der Waals surface area contributed by atoms with Crippen LogP contribution in [0.3, 0.4) is 0 Å². The number of anilines is 3. The Kier molecular flexibility index (Phi) is 6.91. The average molecular weight is 502 g/mol. The van der Waals surface area contributed by atoms with Gasteiger partial charge in [-0.1, -0.05) is 25.0 Å². The number of hydrogen-bond acceptors (Lipinski definition) is 8. The molecule has 3 aromatic rings. The van der Waals surface area contributed by atoms with Crippen molar-refractivity contribution in [3.05, 3.63) is 70.9 Å². The summed E-state index contributed by atoms with van der Waals surface area (Å²) in [6, 6.07) is 12.3. The highest BCUT2D eigenvalue weighted by atomic mass is 16.3. The molecule has 2 aromatic carbocycles. The normalized spacial score (nSPS) is 19.1. The van der Waals surface area contributed by atoms with E-state index < -0.39 is 5.91 Å². The van der Waals surface area contributed by atoms with Gasteiger partial charge in [0.1, 0.15) is 17.1 Å². The maximum Gasteiger partial charge on any atom is 0.254 e. The zero-order chi connectivity index (χ0) is 25.9. The molecular formula is C27H31N7O3. The molecule has 1 aliphatic carbocycles. The molecule has 37 heavy (non-hydrogen) atoms. The van der Waals surface area contributed by atoms with Gasteiger partial charge < -0.3 is 32.1 Å². The number of phenolic OH excluding ortho intramolecular Hbond substituents is 1. The van der Waals surface area contributed by atoms with Crippen molar-refractivity contribution in [3.63, 3.8) is 0 Å². The van der Waals surface area contributed by atoms with E-state index in [0.29, 0.717) is 36.1 Å². The molecule has 2 amide bonds. The van der Waals surface area contributed by atoms with Gasteiger partial charge in [-0.05, 0) is 60.7 Å². The summed E-state index contributed by atoms with van der Waals surface area (Å²) in [5.74, 6) is -0.0228. The van der Waals surface area contributed by atoms with E-state index in [9.17, 15) is 14.7 Å². The Morgan fingerprint density at radius 2 is 1.92 bits per heavy atom. The van der Waals surface area contributed by atoms with Crippen molar-refractivity contribution >= 4 is 29.3 Å². The maximum atomic E-state index is 13.0. The third-order valence-corrected chi connectivity index (χ3v) is 7.05. The van der Waals surface area contributed by atoms with Crippen molar-refractivity contribution in [2.24, 2.45) is 11.5 Å². The highest BCUT2D eigenvalue weighted by Gasteiger charge is 2.24. The lowest BCUT2D eigenvalue weighted by Gasteiger charge is -2.30. The fourth-order valence-electron chi connectivity index (χ4n) is 5.00. The van der Waals surface area contributed by atoms with Crippen LogP contribution in [0.15, 0.2) is 48.7 Å². The van der Waals surface area contributed by atoms with Crippen LogP contribution < -0.4 is 22.1 Å². The van der Waals surface area contributed by atoms with E-state index in [4.69, 9.17) is 11.5 Å². The van der Waals surface area contributed by atoms with E-state index in [2.05, 4.69) is 20.6 Å². The van der Waals surface area contributed by atoms with Crippen molar-refractivity contribution in [1.29, 1.82) is 0 Å². The number of aromatic hydroxyl groups is 1. The molecule has 10 nitrogen and oxygen atoms in total. The lowest BCUT2D eigenvalue weighted by molar-refractivity contribution is 0.0734. The van der Waals surface area contributed by atoms with E-state index in [0.717, 1.165) is 43.2 Å². The molecule has 0 radical (unpaired) electrons. The fraction of sp³-hybridized carbons (Fsp3) is 0.333. The molecule has 1 aliphatic heterocycles. The van der Waals surface area contributed by atoms with Gasteiger partial charge >= 0.3 is 0 Å². The quantitative estimate of drug-likeness (QED) is 0.345. The third kappa shape index (κ3) is 5.49. The standard InChI is InChI=1S/C27H31N7O3/c28-22-6-1-2-7-23(22)32-27-30-14-21(24(29)36)25(33-27)31-19-9-8-16-10-11-34(15-18(16)12-19)26(37)17-4-3-5-20(35)13-17/h3-5,8-9,12-14,22-23,35H,1-2,6-7,10-11,15,28H2,(H2,29,36)(H2,30,31,32,33)/t22-,23+/m0/s1. The molecular weight excluding hydrogens is 470 g/mol. The van der Waals surface area contributed by atoms with E-state index in [-0.39, 0.29) is 29.3 Å². The second-order valence-corrected chi connectivity index (χ2v) is 9.65. The van der Waals surface area contributed by atoms with Crippen molar-refractivity contribution in [1.82, 2.24) is 14.9 Å². The number of nitrogens with two attached hydrogens (primary N) is 2. The fourth-order valence-corrected chi connectivity index (χ4v) is 5.00. The zero-order valence-electron chi connectivity index (χ0n) is 20.5. The molecule has 5 rings (SSSR count). The molecule has 10 heteroatoms. The van der Waals surface area contributed by atoms with Crippen LogP contribution in [0.4, 0.5) is 17.5 Å². The lowest BCUT2D eigenvalue weighted by atomic mass is 9.91. The number of nitrogens with zero attached hydrogens (tertiary/aromatic N) is 3. The van der Waals surface area contributed by atoms with Crippen LogP contribution in [-0.4, -0.2) is 50.4 Å². The molecule has 1 fully saturated rings. The molecule has 2 heterocycles. The number of phenols is 1. The number of rotatable bonds is 6. The third-order valence-electron chi connectivity index (χ3n) is 7.05. The van der Waals surface area contributed by atoms with Crippen molar-refractivity contribution in [2.45, 2.75) is 50.7 Å². The Labute approximate surface area is 215 Å². The Morgan fingerprint density at radius 3 is 2.70 bits per heavy atom. The summed E-state index contributed by atoms with van der Waals surface area (Å²) in [5, 5.41) is 16.3. The number of primary amides is 1. The Hall–Kier alpha value is -4.18. The van der Waals surface area contributed by atoms with Gasteiger partial charge in [0.2, 0.25) is 5.95 Å². The van der Waals surface area contributed by atoms with Crippen LogP contribution in [-0.2, 0) is 13.0 Å². The SMILES string of the molecule is NC(=O)c1cnc(N[C@@H]2CCCC[C@@H]2N)nc1Nc1ccc2c(c1)CN(C(=O)c1cccc(O)c1)CC2. The molecule has 2 atom stereocenters. The van der Waals surface area contributed by atoms with Gasteiger partial charge in [0.05, 0.1) is 0 Å². The van der Waals surface area contributed by atoms with Crippen LogP contribution in [0.2, 0.25) is 0 Å². The van der Waals surface area contributed by atoms with Gasteiger partial charge in [-0.25, -0.2) is 4.98 Å². The molecule has 0 saturated heterocycles. The predicted octanol–water partition coefficient (Wildman–Crippen LogP) is 2.91. The van der Waals surface area contributed by atoms with Gasteiger partial charge in [0.25, 0.3) is 11.8 Å². The summed E-state index contributed by atoms with van der Waals surface area (Å²) >= 11 is 0. The molecule has 1 aromatic heterocycles. The Bertz CT molecular complexity index is 1330. The van der Waals surface area contributed by atoms with Gasteiger partial charge in [0.15, 0.2) is 0 Å². The number of fused-ring (bicyclic) bond motifs is 1. The number of hydrogen-bond donors (Lipinski definition) is 5. The lowest BCUT2D eigenvalue weighted by Crippen LogP contribution is -2.43. The number of nitrogens with one attached hydrogen (secondary N) is 2. The van der Waals surface area contributed by atoms with E-state index in [1.807, 2.05) is 18.2 Å². The second-order valence-electron chi connectivity index (χ2n) is 9.65. The number of benzene rings is 2. The van der Waals surface area contributed by atoms with Crippen LogP contribution >= 0.6 is 0 Å². The van der Waals surface area contributed by atoms with Crippen LogP contribution in [0, 0.1) is 0 Å². The van der Waals surface area contributed by atoms with Crippen molar-refractivity contribution in [3.8, 4) is 5.75 Å². The first-order valence-electron chi connectivity index (χ1n) is 12.5. The van der Waals surface area contributed by atoms with E-state index in [1.54, 1.807) is 17.0 Å². The summed E-state index contributed by atoms with van der Waals surface area (Å²) in [6.45, 7) is 1.02. The largest absolute Gasteiger partial charge is 0.508 e. The molecule has 2 aliphatic rings. The minimum absolute atomic E-state index is 0.0238. The van der Waals surface area contributed by atoms with Crippen molar-refractivity contribution in [2.75, 3.05) is 17.2 Å². The first-order valence-corrected chi connectivity index (χ1v) is 12.5. The Balaban J connectivity index is 1.36. The molecule has 0 unspecified atom stereocenters. The molecule has 7 N–H and O–H groups in total. The Morgan fingerprint density at radius 1 is 1.08 bits per heavy atom. The van der Waals surface area contributed by atoms with Gasteiger partial charge in [-0.3, -0.25) is 9.59 Å². The molecule has 0 bridgehead atoms. The number of carbonyl (C=O) groups is 2. The van der Waals surface area contributed by atoms with Gasteiger partial charge in [0, 0.05) is 42.6 Å². The molecule has 0 spiro atoms. The van der Waals surface area contributed by atoms with Crippen LogP contribution in [0.1, 0.15) is 57.5 Å². The average Bonchev–Trinajstić information content (AvgIpc) is 2.89. The minimum atomic E-state index is -0.635. The van der Waals surface area contributed by atoms with Crippen molar-refractivity contribution < 1.29 is 14.7 Å². The number of aromatic nitrogens is 2. The summed E-state index contributed by atoms with van der Waals surface area (Å²) in [5.41, 5.74) is 15.3. The molecule has 192 valence electrons. The van der Waals surface area contributed by atoms with E-state index >= 15 is 0 Å². The zero-order valence-corrected chi connectivity index (χ0v) is 20.5. The highest BCUT2D eigenvalue weighted by Crippen LogP contribution is 2.28. The number of amides is 2. The van der Waals surface area contributed by atoms with Gasteiger partial charge in [-0.2, -0.15) is 4.98 Å². The summed E-state index contributed by atoms with van der Waals surface area (Å²) < 4.78 is 0. The summed E-state index contributed by atoms with van der Waals surface area (Å²) in [6.07, 6.45) is 6.23. The first-order chi connectivity index (χ1) is 17.9. The first kappa shape index (κ1) is 24.5. The van der Waals surface area contributed by atoms with Crippen LogP contribution in [0.25, 0.3) is 0 Å².